The zero-order chi connectivity index (χ0) is 13.6. The highest BCUT2D eigenvalue weighted by Gasteiger charge is 2.75. The molecule has 0 aromatic rings. The van der Waals surface area contributed by atoms with E-state index in [1.807, 2.05) is 6.92 Å². The number of carbonyl (C=O) groups excluding carboxylic acids is 2. The van der Waals surface area contributed by atoms with E-state index in [0.717, 1.165) is 0 Å². The van der Waals surface area contributed by atoms with Gasteiger partial charge in [-0.3, -0.25) is 9.79 Å². The molecule has 100 valence electrons. The molecule has 0 unspecified atom stereocenters. The fourth-order valence-electron chi connectivity index (χ4n) is 2.21. The molecule has 0 radical (unpaired) electrons. The molecule has 3 atom stereocenters. The Labute approximate surface area is 110 Å². The van der Waals surface area contributed by atoms with Gasteiger partial charge in [-0.1, -0.05) is 0 Å². The lowest BCUT2D eigenvalue weighted by Gasteiger charge is -2.10. The van der Waals surface area contributed by atoms with Gasteiger partial charge in [-0.15, -0.1) is 11.8 Å². The summed E-state index contributed by atoms with van der Waals surface area (Å²) in [4.78, 5) is 27.9. The van der Waals surface area contributed by atoms with Gasteiger partial charge in [0.15, 0.2) is 5.54 Å². The van der Waals surface area contributed by atoms with Gasteiger partial charge in [0, 0.05) is 6.42 Å². The largest absolute Gasteiger partial charge is 0.468 e. The molecule has 0 spiro atoms. The highest BCUT2D eigenvalue weighted by Crippen LogP contribution is 2.65. The van der Waals surface area contributed by atoms with Crippen molar-refractivity contribution in [3.63, 3.8) is 0 Å². The minimum atomic E-state index is -0.773. The van der Waals surface area contributed by atoms with Gasteiger partial charge in [0.1, 0.15) is 5.92 Å². The van der Waals surface area contributed by atoms with Crippen LogP contribution in [0.1, 0.15) is 27.2 Å². The Bertz CT molecular complexity index is 436. The molecule has 0 N–H and O–H groups in total. The summed E-state index contributed by atoms with van der Waals surface area (Å²) in [7, 11) is 1.35. The number of methoxy groups -OCH3 is 1. The molecule has 6 heteroatoms. The van der Waals surface area contributed by atoms with E-state index in [4.69, 9.17) is 9.47 Å². The maximum absolute atomic E-state index is 12.0. The Kier molecular flexibility index (Phi) is 3.17. The van der Waals surface area contributed by atoms with E-state index in [-0.39, 0.29) is 16.7 Å². The van der Waals surface area contributed by atoms with Crippen LogP contribution in [0.15, 0.2) is 4.99 Å². The average Bonchev–Trinajstić information content (AvgIpc) is 2.82. The Morgan fingerprint density at radius 2 is 2.22 bits per heavy atom. The van der Waals surface area contributed by atoms with Crippen molar-refractivity contribution in [2.75, 3.05) is 13.7 Å². The second-order valence-corrected chi connectivity index (χ2v) is 6.31. The molecule has 0 saturated heterocycles. The number of nitrogens with zero attached hydrogens (tertiary/aromatic N) is 1. The summed E-state index contributed by atoms with van der Waals surface area (Å²) in [6.45, 7) is 5.84. The van der Waals surface area contributed by atoms with E-state index >= 15 is 0 Å². The third-order valence-electron chi connectivity index (χ3n) is 3.51. The lowest BCUT2D eigenvalue weighted by atomic mass is 10.2. The van der Waals surface area contributed by atoms with Crippen LogP contribution in [0.3, 0.4) is 0 Å². The van der Waals surface area contributed by atoms with Crippen molar-refractivity contribution in [2.24, 2.45) is 10.9 Å². The molecule has 1 heterocycles. The van der Waals surface area contributed by atoms with Crippen molar-refractivity contribution in [1.82, 2.24) is 0 Å². The Balaban J connectivity index is 2.19. The summed E-state index contributed by atoms with van der Waals surface area (Å²) >= 11 is 1.50. The summed E-state index contributed by atoms with van der Waals surface area (Å²) in [6.07, 6.45) is 0.681. The molecule has 0 amide bonds. The fraction of sp³-hybridized carbons (Fsp3) is 0.750. The molecule has 2 rings (SSSR count). The molecule has 2 aliphatic rings. The second kappa shape index (κ2) is 4.26. The fourth-order valence-corrected chi connectivity index (χ4v) is 3.73. The molecule has 1 fully saturated rings. The zero-order valence-electron chi connectivity index (χ0n) is 11.0. The van der Waals surface area contributed by atoms with E-state index in [9.17, 15) is 9.59 Å². The van der Waals surface area contributed by atoms with E-state index in [1.54, 1.807) is 13.8 Å². The van der Waals surface area contributed by atoms with E-state index in [0.29, 0.717) is 18.1 Å². The number of rotatable bonds is 4. The summed E-state index contributed by atoms with van der Waals surface area (Å²) in [5.41, 5.74) is -0.773. The van der Waals surface area contributed by atoms with E-state index in [1.165, 1.54) is 18.9 Å². The Hall–Kier alpha value is -1.04. The third-order valence-corrected chi connectivity index (χ3v) is 5.10. The standard InChI is InChI=1S/C12H17NO4S/c1-5-17-10(15)12-6-11(12,3)18-8(13-12)7(2)9(14)16-4/h7H,5-6H2,1-4H3/t7-,11-,12-/m0/s1. The van der Waals surface area contributed by atoms with Crippen molar-refractivity contribution in [2.45, 2.75) is 37.5 Å². The molecular formula is C12H17NO4S. The first-order valence-electron chi connectivity index (χ1n) is 5.94. The maximum Gasteiger partial charge on any atom is 0.335 e. The topological polar surface area (TPSA) is 65.0 Å². The van der Waals surface area contributed by atoms with E-state index in [2.05, 4.69) is 4.99 Å². The quantitative estimate of drug-likeness (QED) is 0.723. The number of hydrogen-bond acceptors (Lipinski definition) is 6. The Morgan fingerprint density at radius 1 is 1.56 bits per heavy atom. The second-order valence-electron chi connectivity index (χ2n) is 4.79. The molecule has 0 aromatic heterocycles. The molecule has 18 heavy (non-hydrogen) atoms. The molecule has 1 aliphatic heterocycles. The van der Waals surface area contributed by atoms with Gasteiger partial charge in [-0.05, 0) is 20.8 Å². The van der Waals surface area contributed by atoms with Crippen LogP contribution in [0.4, 0.5) is 0 Å². The van der Waals surface area contributed by atoms with Crippen LogP contribution in [-0.2, 0) is 19.1 Å². The van der Waals surface area contributed by atoms with Crippen molar-refractivity contribution in [3.05, 3.63) is 0 Å². The third kappa shape index (κ3) is 1.74. The van der Waals surface area contributed by atoms with Gasteiger partial charge < -0.3 is 9.47 Å². The van der Waals surface area contributed by atoms with Crippen molar-refractivity contribution >= 4 is 28.7 Å². The Morgan fingerprint density at radius 3 is 2.78 bits per heavy atom. The first kappa shape index (κ1) is 13.4. The van der Waals surface area contributed by atoms with Crippen LogP contribution in [0.25, 0.3) is 0 Å². The average molecular weight is 271 g/mol. The summed E-state index contributed by atoms with van der Waals surface area (Å²) in [5, 5.41) is 0.670. The highest BCUT2D eigenvalue weighted by molar-refractivity contribution is 8.15. The van der Waals surface area contributed by atoms with Gasteiger partial charge in [0.05, 0.1) is 23.5 Å². The molecule has 1 aliphatic carbocycles. The molecule has 0 aromatic carbocycles. The lowest BCUT2D eigenvalue weighted by Crippen LogP contribution is -2.28. The number of fused-ring (bicyclic) bond motifs is 1. The SMILES string of the molecule is CCOC(=O)[C@@]12C[C@]1(C)SC([C@H](C)C(=O)OC)=N2. The van der Waals surface area contributed by atoms with Gasteiger partial charge in [-0.2, -0.15) is 0 Å². The predicted molar refractivity (Wildman–Crippen MR) is 68.6 cm³/mol. The van der Waals surface area contributed by atoms with Crippen LogP contribution >= 0.6 is 11.8 Å². The van der Waals surface area contributed by atoms with E-state index < -0.39 is 11.5 Å². The van der Waals surface area contributed by atoms with Crippen molar-refractivity contribution in [1.29, 1.82) is 0 Å². The summed E-state index contributed by atoms with van der Waals surface area (Å²) in [6, 6.07) is 0. The minimum Gasteiger partial charge on any atom is -0.468 e. The number of thioether (sulfide) groups is 1. The number of aliphatic imine (C=N–C) groups is 1. The van der Waals surface area contributed by atoms with Gasteiger partial charge >= 0.3 is 11.9 Å². The van der Waals surface area contributed by atoms with Crippen LogP contribution in [0.2, 0.25) is 0 Å². The van der Waals surface area contributed by atoms with Crippen LogP contribution < -0.4 is 0 Å². The maximum atomic E-state index is 12.0. The lowest BCUT2D eigenvalue weighted by molar-refractivity contribution is -0.146. The van der Waals surface area contributed by atoms with Crippen LogP contribution in [-0.4, -0.2) is 41.0 Å². The number of hydrogen-bond donors (Lipinski definition) is 0. The van der Waals surface area contributed by atoms with Gasteiger partial charge in [0.2, 0.25) is 0 Å². The molecule has 0 bridgehead atoms. The first-order valence-corrected chi connectivity index (χ1v) is 6.75. The zero-order valence-corrected chi connectivity index (χ0v) is 11.8. The smallest absolute Gasteiger partial charge is 0.335 e. The number of ether oxygens (including phenoxy) is 2. The number of esters is 2. The van der Waals surface area contributed by atoms with Crippen molar-refractivity contribution < 1.29 is 19.1 Å². The number of carbonyl (C=O) groups is 2. The summed E-state index contributed by atoms with van der Waals surface area (Å²) < 4.78 is 9.52. The van der Waals surface area contributed by atoms with Crippen LogP contribution in [0.5, 0.6) is 0 Å². The first-order chi connectivity index (χ1) is 8.40. The monoisotopic (exact) mass is 271 g/mol. The van der Waals surface area contributed by atoms with Crippen LogP contribution in [0, 0.1) is 5.92 Å². The highest BCUT2D eigenvalue weighted by atomic mass is 32.2. The minimum absolute atomic E-state index is 0.253. The molecule has 5 nitrogen and oxygen atoms in total. The molecule has 1 saturated carbocycles. The molecular weight excluding hydrogens is 254 g/mol. The van der Waals surface area contributed by atoms with Crippen molar-refractivity contribution in [3.8, 4) is 0 Å². The van der Waals surface area contributed by atoms with Gasteiger partial charge in [-0.25, -0.2) is 4.79 Å². The predicted octanol–water partition coefficient (Wildman–Crippen LogP) is 1.41. The summed E-state index contributed by atoms with van der Waals surface area (Å²) in [5.74, 6) is -1.03. The van der Waals surface area contributed by atoms with Gasteiger partial charge in [0.25, 0.3) is 0 Å². The normalized spacial score (nSPS) is 34.3.